The summed E-state index contributed by atoms with van der Waals surface area (Å²) < 4.78 is 49.7. The molecule has 5 nitrogen and oxygen atoms in total. The summed E-state index contributed by atoms with van der Waals surface area (Å²) in [5, 5.41) is 7.31. The maximum atomic E-state index is 13.2. The molecule has 2 aromatic heterocycles. The number of hydrogen-bond donors (Lipinski definition) is 1. The summed E-state index contributed by atoms with van der Waals surface area (Å²) >= 11 is 0. The maximum Gasteiger partial charge on any atom is 0.416 e. The summed E-state index contributed by atoms with van der Waals surface area (Å²) in [7, 11) is 1.30. The average Bonchev–Trinajstić information content (AvgIpc) is 3.43. The van der Waals surface area contributed by atoms with E-state index in [-0.39, 0.29) is 6.42 Å². The van der Waals surface area contributed by atoms with E-state index in [0.29, 0.717) is 39.4 Å². The van der Waals surface area contributed by atoms with Crippen LogP contribution >= 0.6 is 0 Å². The molecule has 4 aromatic rings. The normalized spacial score (nSPS) is 11.5. The molecule has 0 aliphatic carbocycles. The highest BCUT2D eigenvalue weighted by Crippen LogP contribution is 2.34. The third-order valence-electron chi connectivity index (χ3n) is 4.85. The smallest absolute Gasteiger partial charge is 0.416 e. The van der Waals surface area contributed by atoms with E-state index in [4.69, 9.17) is 9.15 Å². The number of halogens is 3. The summed E-state index contributed by atoms with van der Waals surface area (Å²) in [4.78, 5) is 11.7. The largest absolute Gasteiger partial charge is 0.465 e. The van der Waals surface area contributed by atoms with Crippen LogP contribution in [0.2, 0.25) is 0 Å². The number of aromatic amines is 1. The maximum absolute atomic E-state index is 13.2. The first-order valence-corrected chi connectivity index (χ1v) is 9.33. The molecule has 2 heterocycles. The van der Waals surface area contributed by atoms with E-state index in [1.807, 2.05) is 0 Å². The summed E-state index contributed by atoms with van der Waals surface area (Å²) in [6.07, 6.45) is -2.72. The molecule has 0 unspecified atom stereocenters. The van der Waals surface area contributed by atoms with Crippen molar-refractivity contribution in [2.45, 2.75) is 12.6 Å². The van der Waals surface area contributed by atoms with E-state index in [0.717, 1.165) is 12.1 Å². The molecule has 0 amide bonds. The minimum absolute atomic E-state index is 0.199. The van der Waals surface area contributed by atoms with Crippen molar-refractivity contribution in [2.75, 3.05) is 7.11 Å². The number of nitrogens with one attached hydrogen (secondary N) is 1. The van der Waals surface area contributed by atoms with E-state index >= 15 is 0 Å². The number of nitrogens with zero attached hydrogens (tertiary/aromatic N) is 1. The first kappa shape index (κ1) is 20.5. The Balaban J connectivity index is 1.77. The van der Waals surface area contributed by atoms with Crippen molar-refractivity contribution in [3.63, 3.8) is 0 Å². The average molecular weight is 426 g/mol. The Morgan fingerprint density at radius 3 is 2.52 bits per heavy atom. The van der Waals surface area contributed by atoms with Crippen molar-refractivity contribution in [1.82, 2.24) is 10.2 Å². The SMILES string of the molecule is COC(=O)c1ccc(-c2n[nH]c(-c3ccco3)c2Cc2cccc(C(F)(F)F)c2)cc1. The molecule has 0 saturated carbocycles. The molecule has 0 spiro atoms. The van der Waals surface area contributed by atoms with Crippen molar-refractivity contribution in [3.8, 4) is 22.7 Å². The zero-order valence-electron chi connectivity index (χ0n) is 16.4. The first-order valence-electron chi connectivity index (χ1n) is 9.33. The van der Waals surface area contributed by atoms with Gasteiger partial charge in [0.15, 0.2) is 5.76 Å². The number of benzene rings is 2. The highest BCUT2D eigenvalue weighted by molar-refractivity contribution is 5.90. The topological polar surface area (TPSA) is 68.1 Å². The Hall–Kier alpha value is -3.81. The van der Waals surface area contributed by atoms with Gasteiger partial charge in [-0.05, 0) is 35.9 Å². The van der Waals surface area contributed by atoms with Gasteiger partial charge in [0.05, 0.1) is 30.2 Å². The predicted octanol–water partition coefficient (Wildman–Crippen LogP) is 5.73. The Morgan fingerprint density at radius 2 is 1.87 bits per heavy atom. The van der Waals surface area contributed by atoms with Crippen LogP contribution in [0.3, 0.4) is 0 Å². The van der Waals surface area contributed by atoms with Crippen molar-refractivity contribution >= 4 is 5.97 Å². The Labute approximate surface area is 175 Å². The molecule has 0 aliphatic rings. The Bertz CT molecular complexity index is 1190. The molecular formula is C23H17F3N2O3. The third-order valence-corrected chi connectivity index (χ3v) is 4.85. The Morgan fingerprint density at radius 1 is 1.10 bits per heavy atom. The number of rotatable bonds is 5. The summed E-state index contributed by atoms with van der Waals surface area (Å²) in [5.41, 5.74) is 2.67. The highest BCUT2D eigenvalue weighted by atomic mass is 19.4. The third kappa shape index (κ3) is 4.23. The van der Waals surface area contributed by atoms with E-state index in [1.165, 1.54) is 19.4 Å². The van der Waals surface area contributed by atoms with Gasteiger partial charge in [0.1, 0.15) is 5.69 Å². The quantitative estimate of drug-likeness (QED) is 0.414. The lowest BCUT2D eigenvalue weighted by atomic mass is 9.96. The van der Waals surface area contributed by atoms with Gasteiger partial charge in [-0.2, -0.15) is 18.3 Å². The van der Waals surface area contributed by atoms with Crippen LogP contribution in [0.5, 0.6) is 0 Å². The summed E-state index contributed by atoms with van der Waals surface area (Å²) in [5.74, 6) is 0.0564. The van der Waals surface area contributed by atoms with Gasteiger partial charge in [0.25, 0.3) is 0 Å². The fourth-order valence-electron chi connectivity index (χ4n) is 3.34. The standard InChI is InChI=1S/C23H17F3N2O3/c1-30-22(29)16-9-7-15(8-10-16)20-18(21(28-27-20)19-6-3-11-31-19)13-14-4-2-5-17(12-14)23(24,25)26/h2-12H,13H2,1H3,(H,27,28). The van der Waals surface area contributed by atoms with E-state index in [9.17, 15) is 18.0 Å². The van der Waals surface area contributed by atoms with Gasteiger partial charge in [-0.25, -0.2) is 4.79 Å². The molecule has 31 heavy (non-hydrogen) atoms. The van der Waals surface area contributed by atoms with E-state index < -0.39 is 17.7 Å². The van der Waals surface area contributed by atoms with Crippen LogP contribution in [-0.2, 0) is 17.3 Å². The molecule has 8 heteroatoms. The molecule has 1 N–H and O–H groups in total. The second kappa shape index (κ2) is 8.14. The molecule has 0 radical (unpaired) electrons. The fraction of sp³-hybridized carbons (Fsp3) is 0.130. The number of aromatic nitrogens is 2. The molecule has 0 fully saturated rings. The molecule has 158 valence electrons. The number of methoxy groups -OCH3 is 1. The van der Waals surface area contributed by atoms with Gasteiger partial charge >= 0.3 is 12.1 Å². The van der Waals surface area contributed by atoms with Crippen LogP contribution in [0.15, 0.2) is 71.3 Å². The van der Waals surface area contributed by atoms with Crippen LogP contribution in [0, 0.1) is 0 Å². The van der Waals surface area contributed by atoms with Crippen LogP contribution in [0.4, 0.5) is 13.2 Å². The second-order valence-corrected chi connectivity index (χ2v) is 6.85. The van der Waals surface area contributed by atoms with E-state index in [1.54, 1.807) is 42.5 Å². The number of furan rings is 1. The van der Waals surface area contributed by atoms with Crippen molar-refractivity contribution in [2.24, 2.45) is 0 Å². The summed E-state index contributed by atoms with van der Waals surface area (Å²) in [6.45, 7) is 0. The number of hydrogen-bond acceptors (Lipinski definition) is 4. The number of ether oxygens (including phenoxy) is 1. The van der Waals surface area contributed by atoms with Crippen LogP contribution in [-0.4, -0.2) is 23.3 Å². The highest BCUT2D eigenvalue weighted by Gasteiger charge is 2.30. The van der Waals surface area contributed by atoms with Crippen LogP contribution < -0.4 is 0 Å². The van der Waals surface area contributed by atoms with Crippen molar-refractivity contribution in [1.29, 1.82) is 0 Å². The minimum Gasteiger partial charge on any atom is -0.465 e. The number of carbonyl (C=O) groups excluding carboxylic acids is 1. The molecule has 2 aromatic carbocycles. The van der Waals surface area contributed by atoms with Crippen molar-refractivity contribution < 1.29 is 27.1 Å². The fourth-order valence-corrected chi connectivity index (χ4v) is 3.34. The number of alkyl halides is 3. The summed E-state index contributed by atoms with van der Waals surface area (Å²) in [6, 6.07) is 15.3. The van der Waals surface area contributed by atoms with Gasteiger partial charge in [0, 0.05) is 17.5 Å². The first-order chi connectivity index (χ1) is 14.9. The number of esters is 1. The van der Waals surface area contributed by atoms with Gasteiger partial charge in [-0.1, -0.05) is 30.3 Å². The van der Waals surface area contributed by atoms with Crippen LogP contribution in [0.1, 0.15) is 27.0 Å². The molecule has 0 aliphatic heterocycles. The molecular weight excluding hydrogens is 409 g/mol. The molecule has 4 rings (SSSR count). The van der Waals surface area contributed by atoms with Crippen molar-refractivity contribution in [3.05, 3.63) is 89.2 Å². The lowest BCUT2D eigenvalue weighted by molar-refractivity contribution is -0.137. The second-order valence-electron chi connectivity index (χ2n) is 6.85. The van der Waals surface area contributed by atoms with Gasteiger partial charge in [0.2, 0.25) is 0 Å². The number of H-pyrrole nitrogens is 1. The zero-order chi connectivity index (χ0) is 22.0. The predicted molar refractivity (Wildman–Crippen MR) is 107 cm³/mol. The Kier molecular flexibility index (Phi) is 5.37. The lowest BCUT2D eigenvalue weighted by Gasteiger charge is -2.10. The zero-order valence-corrected chi connectivity index (χ0v) is 16.4. The minimum atomic E-state index is -4.43. The lowest BCUT2D eigenvalue weighted by Crippen LogP contribution is -2.05. The molecule has 0 bridgehead atoms. The monoisotopic (exact) mass is 426 g/mol. The van der Waals surface area contributed by atoms with Gasteiger partial charge in [-0.15, -0.1) is 0 Å². The van der Waals surface area contributed by atoms with Gasteiger partial charge < -0.3 is 9.15 Å². The van der Waals surface area contributed by atoms with Gasteiger partial charge in [-0.3, -0.25) is 5.10 Å². The van der Waals surface area contributed by atoms with Crippen LogP contribution in [0.25, 0.3) is 22.7 Å². The van der Waals surface area contributed by atoms with E-state index in [2.05, 4.69) is 10.2 Å². The molecule has 0 saturated heterocycles. The number of carbonyl (C=O) groups is 1. The molecule has 0 atom stereocenters.